The molecule has 3 heterocycles. The molecule has 0 saturated carbocycles. The SMILES string of the molecule is COc1ccc(Cl)cc1N1C(=O)/C(=C/c2sccc2C)N=C1SCC(=O)N(C)[C@H]1CCS(=O)(=O)C1. The number of aliphatic imine (C=N–C) groups is 1. The maximum Gasteiger partial charge on any atom is 0.283 e. The molecular formula is C23H24ClN3O5S3. The minimum Gasteiger partial charge on any atom is -0.495 e. The Hall–Kier alpha value is -2.34. The Kier molecular flexibility index (Phi) is 7.60. The summed E-state index contributed by atoms with van der Waals surface area (Å²) in [5.41, 5.74) is 1.69. The molecule has 0 aliphatic carbocycles. The van der Waals surface area contributed by atoms with Crippen molar-refractivity contribution in [2.45, 2.75) is 19.4 Å². The maximum atomic E-state index is 13.5. The highest BCUT2D eigenvalue weighted by Crippen LogP contribution is 2.37. The molecule has 0 N–H and O–H groups in total. The number of amides is 2. The number of ether oxygens (including phenoxy) is 1. The summed E-state index contributed by atoms with van der Waals surface area (Å²) >= 11 is 8.84. The summed E-state index contributed by atoms with van der Waals surface area (Å²) in [6.45, 7) is 1.96. The predicted octanol–water partition coefficient (Wildman–Crippen LogP) is 3.84. The Bertz CT molecular complexity index is 1340. The van der Waals surface area contributed by atoms with Crippen molar-refractivity contribution < 1.29 is 22.7 Å². The van der Waals surface area contributed by atoms with Gasteiger partial charge in [0.25, 0.3) is 5.91 Å². The zero-order valence-corrected chi connectivity index (χ0v) is 22.6. The average Bonchev–Trinajstić information content (AvgIpc) is 3.48. The molecule has 35 heavy (non-hydrogen) atoms. The highest BCUT2D eigenvalue weighted by atomic mass is 35.5. The highest BCUT2D eigenvalue weighted by Gasteiger charge is 2.36. The van der Waals surface area contributed by atoms with E-state index >= 15 is 0 Å². The Labute approximate surface area is 217 Å². The van der Waals surface area contributed by atoms with Gasteiger partial charge in [0, 0.05) is 23.0 Å². The van der Waals surface area contributed by atoms with E-state index in [1.54, 1.807) is 31.3 Å². The largest absolute Gasteiger partial charge is 0.495 e. The molecule has 4 rings (SSSR count). The van der Waals surface area contributed by atoms with E-state index in [0.29, 0.717) is 28.0 Å². The summed E-state index contributed by atoms with van der Waals surface area (Å²) < 4.78 is 29.1. The van der Waals surface area contributed by atoms with Gasteiger partial charge in [0.15, 0.2) is 15.0 Å². The molecule has 2 aliphatic heterocycles. The zero-order valence-electron chi connectivity index (χ0n) is 19.4. The first-order valence-electron chi connectivity index (χ1n) is 10.7. The van der Waals surface area contributed by atoms with E-state index in [4.69, 9.17) is 16.3 Å². The number of hydrogen-bond donors (Lipinski definition) is 0. The first-order chi connectivity index (χ1) is 16.6. The number of carbonyl (C=O) groups is 2. The lowest BCUT2D eigenvalue weighted by Crippen LogP contribution is -2.39. The van der Waals surface area contributed by atoms with Crippen LogP contribution in [-0.2, 0) is 19.4 Å². The van der Waals surface area contributed by atoms with Crippen LogP contribution in [0.3, 0.4) is 0 Å². The van der Waals surface area contributed by atoms with Crippen LogP contribution in [0.5, 0.6) is 5.75 Å². The second-order valence-electron chi connectivity index (χ2n) is 8.20. The number of amidine groups is 1. The Morgan fingerprint density at radius 3 is 2.80 bits per heavy atom. The molecule has 1 aromatic heterocycles. The summed E-state index contributed by atoms with van der Waals surface area (Å²) in [5, 5.41) is 2.68. The number of anilines is 1. The third-order valence-corrected chi connectivity index (χ3v) is 9.73. The van der Waals surface area contributed by atoms with E-state index in [0.717, 1.165) is 22.2 Å². The molecular weight excluding hydrogens is 530 g/mol. The minimum absolute atomic E-state index is 0.0101. The van der Waals surface area contributed by atoms with Crippen molar-refractivity contribution >= 4 is 73.3 Å². The number of aryl methyl sites for hydroxylation is 1. The molecule has 0 bridgehead atoms. The van der Waals surface area contributed by atoms with Crippen molar-refractivity contribution in [3.05, 3.63) is 50.8 Å². The summed E-state index contributed by atoms with van der Waals surface area (Å²) in [5.74, 6) is -0.116. The lowest BCUT2D eigenvalue weighted by atomic mass is 10.2. The topological polar surface area (TPSA) is 96.3 Å². The third-order valence-electron chi connectivity index (χ3n) is 5.86. The van der Waals surface area contributed by atoms with Crippen molar-refractivity contribution in [2.24, 2.45) is 4.99 Å². The maximum absolute atomic E-state index is 13.5. The Morgan fingerprint density at radius 1 is 1.40 bits per heavy atom. The smallest absolute Gasteiger partial charge is 0.283 e. The molecule has 0 radical (unpaired) electrons. The van der Waals surface area contributed by atoms with Crippen LogP contribution in [0.4, 0.5) is 5.69 Å². The van der Waals surface area contributed by atoms with Gasteiger partial charge in [0.2, 0.25) is 5.91 Å². The van der Waals surface area contributed by atoms with Crippen LogP contribution in [0, 0.1) is 6.92 Å². The van der Waals surface area contributed by atoms with Crippen molar-refractivity contribution in [1.82, 2.24) is 4.90 Å². The predicted molar refractivity (Wildman–Crippen MR) is 142 cm³/mol. The van der Waals surface area contributed by atoms with E-state index < -0.39 is 9.84 Å². The number of rotatable bonds is 6. The molecule has 2 aromatic rings. The third kappa shape index (κ3) is 5.58. The minimum atomic E-state index is -3.11. The van der Waals surface area contributed by atoms with Crippen molar-refractivity contribution in [3.63, 3.8) is 0 Å². The highest BCUT2D eigenvalue weighted by molar-refractivity contribution is 8.14. The van der Waals surface area contributed by atoms with Gasteiger partial charge < -0.3 is 9.64 Å². The Morgan fingerprint density at radius 2 is 2.17 bits per heavy atom. The second kappa shape index (κ2) is 10.3. The molecule has 0 spiro atoms. The first-order valence-corrected chi connectivity index (χ1v) is 14.8. The number of carbonyl (C=O) groups excluding carboxylic acids is 2. The lowest BCUT2D eigenvalue weighted by Gasteiger charge is -2.24. The van der Waals surface area contributed by atoms with Crippen LogP contribution >= 0.6 is 34.7 Å². The van der Waals surface area contributed by atoms with Crippen molar-refractivity contribution in [3.8, 4) is 5.75 Å². The van der Waals surface area contributed by atoms with Gasteiger partial charge in [-0.05, 0) is 54.6 Å². The molecule has 8 nitrogen and oxygen atoms in total. The first kappa shape index (κ1) is 25.7. The van der Waals surface area contributed by atoms with Crippen LogP contribution in [0.1, 0.15) is 16.9 Å². The molecule has 1 fully saturated rings. The fraction of sp³-hybridized carbons (Fsp3) is 0.348. The number of nitrogens with zero attached hydrogens (tertiary/aromatic N) is 3. The molecule has 1 atom stereocenters. The summed E-state index contributed by atoms with van der Waals surface area (Å²) in [7, 11) is -0.00749. The molecule has 2 aliphatic rings. The zero-order chi connectivity index (χ0) is 25.3. The molecule has 12 heteroatoms. The van der Waals surface area contributed by atoms with E-state index in [1.807, 2.05) is 18.4 Å². The van der Waals surface area contributed by atoms with Gasteiger partial charge in [-0.3, -0.25) is 9.59 Å². The van der Waals surface area contributed by atoms with Gasteiger partial charge in [-0.1, -0.05) is 23.4 Å². The fourth-order valence-electron chi connectivity index (χ4n) is 3.81. The van der Waals surface area contributed by atoms with Gasteiger partial charge in [-0.25, -0.2) is 18.3 Å². The van der Waals surface area contributed by atoms with Crippen LogP contribution in [0.15, 0.2) is 40.3 Å². The van der Waals surface area contributed by atoms with Crippen molar-refractivity contribution in [2.75, 3.05) is 36.3 Å². The van der Waals surface area contributed by atoms with Crippen LogP contribution < -0.4 is 9.64 Å². The van der Waals surface area contributed by atoms with Gasteiger partial charge in [0.05, 0.1) is 30.1 Å². The van der Waals surface area contributed by atoms with Gasteiger partial charge in [-0.2, -0.15) is 0 Å². The van der Waals surface area contributed by atoms with Crippen molar-refractivity contribution in [1.29, 1.82) is 0 Å². The van der Waals surface area contributed by atoms with Gasteiger partial charge >= 0.3 is 0 Å². The number of benzene rings is 1. The summed E-state index contributed by atoms with van der Waals surface area (Å²) in [4.78, 5) is 34.7. The number of thioether (sulfide) groups is 1. The number of thiophene rings is 1. The molecule has 186 valence electrons. The molecule has 1 aromatic carbocycles. The van der Waals surface area contributed by atoms with E-state index in [1.165, 1.54) is 28.2 Å². The standard InChI is InChI=1S/C23H24ClN3O5S3/c1-14-6-8-33-20(14)11-17-22(29)27(18-10-15(24)4-5-19(18)32-3)23(25-17)34-12-21(28)26(2)16-7-9-35(30,31)13-16/h4-6,8,10-11,16H,7,9,12-13H2,1-3H3/b17-11-/t16-/m0/s1. The van der Waals surface area contributed by atoms with Crippen LogP contribution in [-0.4, -0.2) is 67.8 Å². The molecule has 1 saturated heterocycles. The average molecular weight is 554 g/mol. The van der Waals surface area contributed by atoms with Crippen LogP contribution in [0.2, 0.25) is 5.02 Å². The van der Waals surface area contributed by atoms with E-state index in [9.17, 15) is 18.0 Å². The van der Waals surface area contributed by atoms with Gasteiger partial charge in [0.1, 0.15) is 11.4 Å². The Balaban J connectivity index is 1.62. The lowest BCUT2D eigenvalue weighted by molar-refractivity contribution is -0.128. The summed E-state index contributed by atoms with van der Waals surface area (Å²) in [6, 6.07) is 6.56. The molecule has 2 amide bonds. The normalized spacial score (nSPS) is 20.4. The molecule has 0 unspecified atom stereocenters. The number of methoxy groups -OCH3 is 1. The fourth-order valence-corrected chi connectivity index (χ4v) is 7.54. The monoisotopic (exact) mass is 553 g/mol. The second-order valence-corrected chi connectivity index (χ2v) is 12.8. The van der Waals surface area contributed by atoms with E-state index in [-0.39, 0.29) is 40.8 Å². The number of hydrogen-bond acceptors (Lipinski definition) is 8. The quantitative estimate of drug-likeness (QED) is 0.504. The van der Waals surface area contributed by atoms with E-state index in [2.05, 4.69) is 4.99 Å². The number of sulfone groups is 1. The van der Waals surface area contributed by atoms with Crippen LogP contribution in [0.25, 0.3) is 6.08 Å². The van der Waals surface area contributed by atoms with Gasteiger partial charge in [-0.15, -0.1) is 11.3 Å². The summed E-state index contributed by atoms with van der Waals surface area (Å²) in [6.07, 6.45) is 2.16. The number of halogens is 1.